The van der Waals surface area contributed by atoms with Crippen LogP contribution in [0.15, 0.2) is 100 Å². The van der Waals surface area contributed by atoms with Gasteiger partial charge in [-0.3, -0.25) is 9.59 Å². The highest BCUT2D eigenvalue weighted by atomic mass is 35.5. The lowest BCUT2D eigenvalue weighted by Crippen LogP contribution is -2.38. The third-order valence-electron chi connectivity index (χ3n) is 6.57. The zero-order valence-electron chi connectivity index (χ0n) is 21.4. The van der Waals surface area contributed by atoms with Gasteiger partial charge >= 0.3 is 0 Å². The summed E-state index contributed by atoms with van der Waals surface area (Å²) in [5, 5.41) is 9.12. The fourth-order valence-electron chi connectivity index (χ4n) is 4.55. The molecule has 0 aromatic heterocycles. The third kappa shape index (κ3) is 5.92. The first-order valence-corrected chi connectivity index (χ1v) is 13.6. The Bertz CT molecular complexity index is 1520. The number of carbonyl (C=O) groups is 2. The van der Waals surface area contributed by atoms with E-state index in [0.717, 1.165) is 28.1 Å². The summed E-state index contributed by atoms with van der Waals surface area (Å²) in [6.45, 7) is 4.05. The summed E-state index contributed by atoms with van der Waals surface area (Å²) in [5.41, 5.74) is 5.14. The standard InChI is InChI=1S/C30H26ClFN4O2S/c1-18-5-3-4-6-25(18)35-29(38)27-19(2)34-30-36(28(27)21-9-11-22(31)12-10-21)24(17-39-30)15-26(37)33-16-20-7-13-23(32)14-8-20/h3-14,17,28H,15-16H2,1-2H3,(H,33,37)(H,35,38). The molecule has 198 valence electrons. The molecule has 5 rings (SSSR count). The summed E-state index contributed by atoms with van der Waals surface area (Å²) >= 11 is 7.61. The quantitative estimate of drug-likeness (QED) is 0.337. The van der Waals surface area contributed by atoms with E-state index in [-0.39, 0.29) is 30.6 Å². The second kappa shape index (κ2) is 11.5. The topological polar surface area (TPSA) is 73.8 Å². The molecule has 2 heterocycles. The summed E-state index contributed by atoms with van der Waals surface area (Å²) in [6.07, 6.45) is 0.0864. The zero-order chi connectivity index (χ0) is 27.5. The number of benzene rings is 3. The van der Waals surface area contributed by atoms with Crippen LogP contribution in [0.3, 0.4) is 0 Å². The molecule has 0 radical (unpaired) electrons. The Morgan fingerprint density at radius 3 is 2.46 bits per heavy atom. The molecule has 0 aliphatic carbocycles. The van der Waals surface area contributed by atoms with Crippen molar-refractivity contribution in [2.45, 2.75) is 32.9 Å². The first kappa shape index (κ1) is 26.7. The van der Waals surface area contributed by atoms with Gasteiger partial charge in [-0.05, 0) is 66.3 Å². The van der Waals surface area contributed by atoms with Crippen LogP contribution in [-0.2, 0) is 16.1 Å². The number of hydrogen-bond donors (Lipinski definition) is 2. The maximum Gasteiger partial charge on any atom is 0.255 e. The molecule has 1 atom stereocenters. The van der Waals surface area contributed by atoms with Crippen molar-refractivity contribution >= 4 is 46.0 Å². The number of para-hydroxylation sites is 1. The maximum atomic E-state index is 13.8. The van der Waals surface area contributed by atoms with Crippen LogP contribution < -0.4 is 10.6 Å². The van der Waals surface area contributed by atoms with Gasteiger partial charge < -0.3 is 15.5 Å². The number of hydrogen-bond acceptors (Lipinski definition) is 5. The monoisotopic (exact) mass is 560 g/mol. The average molecular weight is 561 g/mol. The fourth-order valence-corrected chi connectivity index (χ4v) is 5.64. The minimum Gasteiger partial charge on any atom is -0.352 e. The van der Waals surface area contributed by atoms with Gasteiger partial charge in [-0.1, -0.05) is 65.8 Å². The van der Waals surface area contributed by atoms with Crippen LogP contribution in [0.4, 0.5) is 10.1 Å². The second-order valence-corrected chi connectivity index (χ2v) is 10.6. The molecule has 0 saturated carbocycles. The Morgan fingerprint density at radius 2 is 1.74 bits per heavy atom. The number of nitrogens with zero attached hydrogens (tertiary/aromatic N) is 2. The van der Waals surface area contributed by atoms with Crippen molar-refractivity contribution in [1.82, 2.24) is 10.2 Å². The first-order valence-electron chi connectivity index (χ1n) is 12.4. The molecule has 9 heteroatoms. The van der Waals surface area contributed by atoms with Gasteiger partial charge in [-0.15, -0.1) is 0 Å². The summed E-state index contributed by atoms with van der Waals surface area (Å²) in [6, 6.07) is 20.4. The molecule has 3 aromatic carbocycles. The van der Waals surface area contributed by atoms with Crippen LogP contribution in [0.2, 0.25) is 5.02 Å². The summed E-state index contributed by atoms with van der Waals surface area (Å²) < 4.78 is 13.2. The van der Waals surface area contributed by atoms with Crippen molar-refractivity contribution < 1.29 is 14.0 Å². The molecular weight excluding hydrogens is 535 g/mol. The van der Waals surface area contributed by atoms with Crippen molar-refractivity contribution in [1.29, 1.82) is 0 Å². The number of thioether (sulfide) groups is 1. The van der Waals surface area contributed by atoms with Crippen molar-refractivity contribution in [2.24, 2.45) is 4.99 Å². The number of rotatable bonds is 7. The van der Waals surface area contributed by atoms with E-state index in [0.29, 0.717) is 21.5 Å². The zero-order valence-corrected chi connectivity index (χ0v) is 22.9. The van der Waals surface area contributed by atoms with E-state index in [4.69, 9.17) is 16.6 Å². The van der Waals surface area contributed by atoms with Gasteiger partial charge in [0.05, 0.1) is 23.7 Å². The van der Waals surface area contributed by atoms with Gasteiger partial charge in [-0.25, -0.2) is 9.38 Å². The lowest BCUT2D eigenvalue weighted by atomic mass is 9.93. The minimum absolute atomic E-state index is 0.0864. The van der Waals surface area contributed by atoms with Gasteiger partial charge in [0.2, 0.25) is 5.91 Å². The molecule has 2 amide bonds. The van der Waals surface area contributed by atoms with Crippen LogP contribution in [0, 0.1) is 12.7 Å². The van der Waals surface area contributed by atoms with Crippen LogP contribution >= 0.6 is 23.4 Å². The minimum atomic E-state index is -0.509. The number of aliphatic imine (C=N–C) groups is 1. The molecule has 2 N–H and O–H groups in total. The number of allylic oxidation sites excluding steroid dienone is 1. The summed E-state index contributed by atoms with van der Waals surface area (Å²) in [4.78, 5) is 33.4. The number of aryl methyl sites for hydroxylation is 1. The summed E-state index contributed by atoms with van der Waals surface area (Å²) in [5.74, 6) is -0.782. The Labute approximate surface area is 235 Å². The number of halogens is 2. The summed E-state index contributed by atoms with van der Waals surface area (Å²) in [7, 11) is 0. The number of carbonyl (C=O) groups excluding carboxylic acids is 2. The number of amidine groups is 1. The first-order chi connectivity index (χ1) is 18.8. The number of fused-ring (bicyclic) bond motifs is 1. The molecule has 6 nitrogen and oxygen atoms in total. The third-order valence-corrected chi connectivity index (χ3v) is 7.71. The normalized spacial score (nSPS) is 16.4. The lowest BCUT2D eigenvalue weighted by molar-refractivity contribution is -0.120. The van der Waals surface area contributed by atoms with Gasteiger partial charge in [0, 0.05) is 23.0 Å². The molecule has 0 saturated heterocycles. The number of anilines is 1. The van der Waals surface area contributed by atoms with E-state index in [9.17, 15) is 14.0 Å². The smallest absolute Gasteiger partial charge is 0.255 e. The van der Waals surface area contributed by atoms with Gasteiger partial charge in [0.1, 0.15) is 5.82 Å². The van der Waals surface area contributed by atoms with E-state index in [1.54, 1.807) is 24.3 Å². The predicted octanol–water partition coefficient (Wildman–Crippen LogP) is 6.71. The maximum absolute atomic E-state index is 13.8. The van der Waals surface area contributed by atoms with Gasteiger partial charge in [0.25, 0.3) is 5.91 Å². The molecule has 0 fully saturated rings. The molecule has 2 aliphatic rings. The molecule has 0 spiro atoms. The van der Waals surface area contributed by atoms with Crippen LogP contribution in [0.1, 0.15) is 36.1 Å². The average Bonchev–Trinajstić information content (AvgIpc) is 3.31. The van der Waals surface area contributed by atoms with Gasteiger partial charge in [-0.2, -0.15) is 0 Å². The molecule has 39 heavy (non-hydrogen) atoms. The van der Waals surface area contributed by atoms with Crippen molar-refractivity contribution in [3.05, 3.63) is 123 Å². The second-order valence-electron chi connectivity index (χ2n) is 9.29. The van der Waals surface area contributed by atoms with Crippen LogP contribution in [-0.4, -0.2) is 21.9 Å². The Kier molecular flexibility index (Phi) is 7.86. The van der Waals surface area contributed by atoms with Gasteiger partial charge in [0.15, 0.2) is 5.17 Å². The lowest BCUT2D eigenvalue weighted by Gasteiger charge is -2.36. The van der Waals surface area contributed by atoms with E-state index < -0.39 is 6.04 Å². The highest BCUT2D eigenvalue weighted by Gasteiger charge is 2.40. The largest absolute Gasteiger partial charge is 0.352 e. The highest BCUT2D eigenvalue weighted by molar-refractivity contribution is 8.16. The molecule has 2 aliphatic heterocycles. The van der Waals surface area contributed by atoms with E-state index in [2.05, 4.69) is 10.6 Å². The predicted molar refractivity (Wildman–Crippen MR) is 155 cm³/mol. The van der Waals surface area contributed by atoms with Crippen molar-refractivity contribution in [3.63, 3.8) is 0 Å². The fraction of sp³-hybridized carbons (Fsp3) is 0.167. The molecule has 0 bridgehead atoms. The Balaban J connectivity index is 1.42. The molecular formula is C30H26ClFN4O2S. The van der Waals surface area contributed by atoms with E-state index in [1.165, 1.54) is 23.9 Å². The van der Waals surface area contributed by atoms with E-state index in [1.807, 2.05) is 60.6 Å². The molecule has 3 aromatic rings. The Morgan fingerprint density at radius 1 is 1.03 bits per heavy atom. The van der Waals surface area contributed by atoms with Crippen molar-refractivity contribution in [2.75, 3.05) is 5.32 Å². The number of amides is 2. The number of nitrogens with one attached hydrogen (secondary N) is 2. The highest BCUT2D eigenvalue weighted by Crippen LogP contribution is 2.45. The molecule has 1 unspecified atom stereocenters. The van der Waals surface area contributed by atoms with Crippen molar-refractivity contribution in [3.8, 4) is 0 Å². The van der Waals surface area contributed by atoms with Crippen LogP contribution in [0.5, 0.6) is 0 Å². The Hall–Kier alpha value is -3.88. The van der Waals surface area contributed by atoms with E-state index >= 15 is 0 Å². The SMILES string of the molecule is CC1=C(C(=O)Nc2ccccc2C)C(c2ccc(Cl)cc2)N2C(CC(=O)NCc3ccc(F)cc3)=CSC2=N1. The van der Waals surface area contributed by atoms with Crippen LogP contribution in [0.25, 0.3) is 0 Å².